The number of hydrogen-bond acceptors (Lipinski definition) is 3. The van der Waals surface area contributed by atoms with Gasteiger partial charge in [-0.2, -0.15) is 0 Å². The van der Waals surface area contributed by atoms with Crippen LogP contribution >= 0.6 is 0 Å². The van der Waals surface area contributed by atoms with Gasteiger partial charge in [0.25, 0.3) is 0 Å². The fourth-order valence-corrected chi connectivity index (χ4v) is 5.37. The maximum atomic E-state index is 11.6. The highest BCUT2D eigenvalue weighted by atomic mass is 16.5. The molecule has 0 saturated heterocycles. The van der Waals surface area contributed by atoms with Crippen LogP contribution in [-0.2, 0) is 14.3 Å². The van der Waals surface area contributed by atoms with E-state index in [1.54, 1.807) is 0 Å². The third-order valence-corrected chi connectivity index (χ3v) is 8.24. The van der Waals surface area contributed by atoms with Crippen molar-refractivity contribution in [3.63, 3.8) is 0 Å². The van der Waals surface area contributed by atoms with E-state index < -0.39 is 5.97 Å². The van der Waals surface area contributed by atoms with Crippen molar-refractivity contribution in [3.8, 4) is 0 Å². The minimum atomic E-state index is -0.655. The zero-order valence-corrected chi connectivity index (χ0v) is 29.0. The molecular weight excluding hydrogens is 520 g/mol. The van der Waals surface area contributed by atoms with Crippen LogP contribution in [0.1, 0.15) is 226 Å². The van der Waals surface area contributed by atoms with Gasteiger partial charge in [-0.15, -0.1) is 0 Å². The summed E-state index contributed by atoms with van der Waals surface area (Å²) in [6.07, 6.45) is 40.0. The summed E-state index contributed by atoms with van der Waals surface area (Å²) in [5, 5.41) is 8.49. The predicted octanol–water partition coefficient (Wildman–Crippen LogP) is 13.1. The average molecular weight is 597 g/mol. The monoisotopic (exact) mass is 597 g/mol. The first-order valence-electron chi connectivity index (χ1n) is 19.0. The Morgan fingerprint density at radius 1 is 0.381 bits per heavy atom. The van der Waals surface area contributed by atoms with Gasteiger partial charge in [0.1, 0.15) is 0 Å². The first kappa shape index (κ1) is 43.1. The van der Waals surface area contributed by atoms with Crippen LogP contribution in [0.25, 0.3) is 0 Å². The van der Waals surface area contributed by atoms with Gasteiger partial charge >= 0.3 is 11.9 Å². The number of unbranched alkanes of at least 4 members (excludes halogenated alkanes) is 27. The van der Waals surface area contributed by atoms with Gasteiger partial charge in [0.2, 0.25) is 0 Å². The highest BCUT2D eigenvalue weighted by Crippen LogP contribution is 2.14. The summed E-state index contributed by atoms with van der Waals surface area (Å²) in [6, 6.07) is 0. The lowest BCUT2D eigenvalue weighted by molar-refractivity contribution is -0.144. The number of esters is 1. The lowest BCUT2D eigenvalue weighted by Gasteiger charge is -2.05. The van der Waals surface area contributed by atoms with Crippen LogP contribution in [0.2, 0.25) is 0 Å². The van der Waals surface area contributed by atoms with Crippen molar-refractivity contribution in [2.75, 3.05) is 6.61 Å². The minimum absolute atomic E-state index is 0.00886. The standard InChI is InChI=1S/C22H44O2.C16H32O2/c1-3-5-7-9-10-11-12-13-14-15-17-19-21-24-22(23)20-18-16-8-6-4-2;1-2-3-4-5-6-7-8-9-10-11-12-13-14-15-16(17)18/h3-21H2,1-2H3;2-15H2,1H3,(H,17,18). The molecule has 0 saturated carbocycles. The third kappa shape index (κ3) is 43.4. The van der Waals surface area contributed by atoms with Gasteiger partial charge in [-0.05, 0) is 19.3 Å². The molecule has 0 bridgehead atoms. The zero-order valence-electron chi connectivity index (χ0n) is 29.0. The molecule has 1 N–H and O–H groups in total. The molecule has 0 aromatic carbocycles. The summed E-state index contributed by atoms with van der Waals surface area (Å²) in [5.41, 5.74) is 0. The molecule has 4 heteroatoms. The molecule has 0 rings (SSSR count). The van der Waals surface area contributed by atoms with E-state index in [2.05, 4.69) is 20.8 Å². The molecule has 0 aromatic heterocycles. The van der Waals surface area contributed by atoms with E-state index in [0.717, 1.165) is 25.7 Å². The van der Waals surface area contributed by atoms with Crippen LogP contribution in [0.15, 0.2) is 0 Å². The highest BCUT2D eigenvalue weighted by molar-refractivity contribution is 5.69. The van der Waals surface area contributed by atoms with E-state index in [1.807, 2.05) is 0 Å². The van der Waals surface area contributed by atoms with E-state index >= 15 is 0 Å². The molecule has 0 amide bonds. The average Bonchev–Trinajstić information content (AvgIpc) is 2.98. The largest absolute Gasteiger partial charge is 0.481 e. The Bertz CT molecular complexity index is 519. The number of aliphatic carboxylic acids is 1. The second kappa shape index (κ2) is 39.9. The third-order valence-electron chi connectivity index (χ3n) is 8.24. The number of carbonyl (C=O) groups excluding carboxylic acids is 1. The number of ether oxygens (including phenoxy) is 1. The second-order valence-corrected chi connectivity index (χ2v) is 12.7. The summed E-state index contributed by atoms with van der Waals surface area (Å²) in [4.78, 5) is 21.9. The molecule has 0 spiro atoms. The van der Waals surface area contributed by atoms with Crippen LogP contribution in [0, 0.1) is 0 Å². The van der Waals surface area contributed by atoms with E-state index in [0.29, 0.717) is 19.4 Å². The number of carbonyl (C=O) groups is 2. The second-order valence-electron chi connectivity index (χ2n) is 12.7. The van der Waals surface area contributed by atoms with Crippen molar-refractivity contribution in [1.82, 2.24) is 0 Å². The van der Waals surface area contributed by atoms with Gasteiger partial charge in [0, 0.05) is 12.8 Å². The van der Waals surface area contributed by atoms with Crippen molar-refractivity contribution >= 4 is 11.9 Å². The van der Waals surface area contributed by atoms with Gasteiger partial charge in [0.05, 0.1) is 6.61 Å². The molecule has 0 unspecified atom stereocenters. The van der Waals surface area contributed by atoms with E-state index in [9.17, 15) is 9.59 Å². The Hall–Kier alpha value is -1.06. The van der Waals surface area contributed by atoms with Crippen LogP contribution in [0.5, 0.6) is 0 Å². The van der Waals surface area contributed by atoms with Crippen LogP contribution in [0.4, 0.5) is 0 Å². The summed E-state index contributed by atoms with van der Waals surface area (Å²) >= 11 is 0. The van der Waals surface area contributed by atoms with Crippen LogP contribution in [-0.4, -0.2) is 23.7 Å². The molecule has 0 aromatic rings. The lowest BCUT2D eigenvalue weighted by atomic mass is 10.0. The molecule has 0 aliphatic carbocycles. The Morgan fingerprint density at radius 3 is 0.952 bits per heavy atom. The van der Waals surface area contributed by atoms with Crippen LogP contribution < -0.4 is 0 Å². The molecule has 0 heterocycles. The molecule has 0 aliphatic rings. The molecule has 0 radical (unpaired) electrons. The maximum absolute atomic E-state index is 11.6. The Balaban J connectivity index is 0. The molecule has 0 fully saturated rings. The summed E-state index contributed by atoms with van der Waals surface area (Å²) in [6.45, 7) is 7.38. The van der Waals surface area contributed by atoms with Gasteiger partial charge in [-0.25, -0.2) is 0 Å². The van der Waals surface area contributed by atoms with E-state index in [4.69, 9.17) is 9.84 Å². The zero-order chi connectivity index (χ0) is 31.2. The predicted molar refractivity (Wildman–Crippen MR) is 183 cm³/mol. The van der Waals surface area contributed by atoms with E-state index in [1.165, 1.54) is 167 Å². The number of rotatable bonds is 33. The maximum Gasteiger partial charge on any atom is 0.305 e. The van der Waals surface area contributed by atoms with Gasteiger partial charge in [-0.3, -0.25) is 9.59 Å². The Labute approximate surface area is 263 Å². The Morgan fingerprint density at radius 2 is 0.643 bits per heavy atom. The van der Waals surface area contributed by atoms with Gasteiger partial charge < -0.3 is 9.84 Å². The molecule has 252 valence electrons. The highest BCUT2D eigenvalue weighted by Gasteiger charge is 2.02. The first-order chi connectivity index (χ1) is 20.6. The van der Waals surface area contributed by atoms with Gasteiger partial charge in [-0.1, -0.05) is 194 Å². The molecule has 0 atom stereocenters. The Kier molecular flexibility index (Phi) is 41.0. The van der Waals surface area contributed by atoms with Crippen LogP contribution in [0.3, 0.4) is 0 Å². The van der Waals surface area contributed by atoms with Gasteiger partial charge in [0.15, 0.2) is 0 Å². The summed E-state index contributed by atoms with van der Waals surface area (Å²) in [5.74, 6) is -0.646. The molecule has 42 heavy (non-hydrogen) atoms. The topological polar surface area (TPSA) is 63.6 Å². The molecular formula is C38H76O4. The number of carboxylic acids is 1. The number of hydrogen-bond donors (Lipinski definition) is 1. The van der Waals surface area contributed by atoms with Crippen molar-refractivity contribution in [2.45, 2.75) is 226 Å². The SMILES string of the molecule is CCCCCCCCCCCCCCCC(=O)O.CCCCCCCCCCCCCCOC(=O)CCCCCCC. The lowest BCUT2D eigenvalue weighted by Crippen LogP contribution is -2.05. The summed E-state index contributed by atoms with van der Waals surface area (Å²) in [7, 11) is 0. The molecule has 4 nitrogen and oxygen atoms in total. The number of carboxylic acid groups (broad SMARTS) is 1. The van der Waals surface area contributed by atoms with Crippen molar-refractivity contribution < 1.29 is 19.4 Å². The normalized spacial score (nSPS) is 10.8. The smallest absolute Gasteiger partial charge is 0.305 e. The quantitative estimate of drug-likeness (QED) is 0.0604. The van der Waals surface area contributed by atoms with Crippen molar-refractivity contribution in [3.05, 3.63) is 0 Å². The molecule has 0 aliphatic heterocycles. The fraction of sp³-hybridized carbons (Fsp3) is 0.947. The first-order valence-corrected chi connectivity index (χ1v) is 19.0. The van der Waals surface area contributed by atoms with Crippen molar-refractivity contribution in [1.29, 1.82) is 0 Å². The van der Waals surface area contributed by atoms with E-state index in [-0.39, 0.29) is 5.97 Å². The fourth-order valence-electron chi connectivity index (χ4n) is 5.37. The van der Waals surface area contributed by atoms with Crippen molar-refractivity contribution in [2.24, 2.45) is 0 Å². The summed E-state index contributed by atoms with van der Waals surface area (Å²) < 4.78 is 5.30. The minimum Gasteiger partial charge on any atom is -0.481 e.